The molecule has 0 amide bonds. The lowest BCUT2D eigenvalue weighted by molar-refractivity contribution is 0.193. The number of halogens is 1. The first-order chi connectivity index (χ1) is 6.61. The molecule has 0 unspecified atom stereocenters. The Labute approximate surface area is 83.7 Å². The number of hydrogen-bond donors (Lipinski definition) is 2. The van der Waals surface area contributed by atoms with Crippen molar-refractivity contribution >= 4 is 34.4 Å². The lowest BCUT2D eigenvalue weighted by atomic mass is 10.2. The van der Waals surface area contributed by atoms with E-state index in [4.69, 9.17) is 22.4 Å². The molecule has 0 spiro atoms. The van der Waals surface area contributed by atoms with Gasteiger partial charge in [-0.1, -0.05) is 17.7 Å². The zero-order valence-electron chi connectivity index (χ0n) is 6.94. The predicted octanol–water partition coefficient (Wildman–Crippen LogP) is 1.80. The predicted molar refractivity (Wildman–Crippen MR) is 52.6 cm³/mol. The molecule has 0 atom stereocenters. The van der Waals surface area contributed by atoms with Crippen LogP contribution in [0.3, 0.4) is 0 Å². The summed E-state index contributed by atoms with van der Waals surface area (Å²) >= 11 is 5.85. The van der Waals surface area contributed by atoms with E-state index in [9.17, 15) is 4.79 Å². The molecule has 1 heterocycles. The fourth-order valence-corrected chi connectivity index (χ4v) is 1.53. The second-order valence-corrected chi connectivity index (χ2v) is 3.12. The Morgan fingerprint density at radius 1 is 1.57 bits per heavy atom. The van der Waals surface area contributed by atoms with E-state index in [-0.39, 0.29) is 5.82 Å². The number of hydrogen-bond acceptors (Lipinski definition) is 3. The van der Waals surface area contributed by atoms with Gasteiger partial charge >= 0.3 is 6.09 Å². The summed E-state index contributed by atoms with van der Waals surface area (Å²) in [4.78, 5) is 10.7. The van der Waals surface area contributed by atoms with Crippen LogP contribution in [0.15, 0.2) is 18.2 Å². The van der Waals surface area contributed by atoms with Crippen LogP contribution >= 0.6 is 11.6 Å². The van der Waals surface area contributed by atoms with E-state index >= 15 is 0 Å². The summed E-state index contributed by atoms with van der Waals surface area (Å²) in [6.07, 6.45) is -1.23. The normalized spacial score (nSPS) is 10.6. The smallest absolute Gasteiger partial charge is 0.434 e. The number of benzene rings is 1. The molecule has 0 fully saturated rings. The first-order valence-corrected chi connectivity index (χ1v) is 4.15. The van der Waals surface area contributed by atoms with E-state index in [1.807, 2.05) is 0 Å². The molecule has 0 saturated carbocycles. The minimum absolute atomic E-state index is 0.0399. The van der Waals surface area contributed by atoms with Gasteiger partial charge in [-0.05, 0) is 12.1 Å². The van der Waals surface area contributed by atoms with Gasteiger partial charge in [-0.25, -0.2) is 4.79 Å². The first kappa shape index (κ1) is 8.83. The molecule has 1 aromatic heterocycles. The number of anilines is 1. The van der Waals surface area contributed by atoms with Crippen molar-refractivity contribution in [3.05, 3.63) is 23.2 Å². The molecule has 0 radical (unpaired) electrons. The number of carbonyl (C=O) groups is 1. The highest BCUT2D eigenvalue weighted by Gasteiger charge is 2.14. The SMILES string of the molecule is Nc1c2c(Cl)cccc2nn1C(=O)O. The van der Waals surface area contributed by atoms with Gasteiger partial charge in [0.15, 0.2) is 0 Å². The fraction of sp³-hybridized carbons (Fsp3) is 0. The highest BCUT2D eigenvalue weighted by atomic mass is 35.5. The summed E-state index contributed by atoms with van der Waals surface area (Å²) in [5.41, 5.74) is 6.05. The first-order valence-electron chi connectivity index (χ1n) is 3.77. The Morgan fingerprint density at radius 2 is 2.29 bits per heavy atom. The van der Waals surface area contributed by atoms with E-state index in [0.29, 0.717) is 20.6 Å². The quantitative estimate of drug-likeness (QED) is 0.696. The molecule has 2 rings (SSSR count). The Hall–Kier alpha value is -1.75. The highest BCUT2D eigenvalue weighted by Crippen LogP contribution is 2.27. The Morgan fingerprint density at radius 3 is 2.86 bits per heavy atom. The van der Waals surface area contributed by atoms with Crippen molar-refractivity contribution in [3.63, 3.8) is 0 Å². The van der Waals surface area contributed by atoms with Crippen LogP contribution in [0, 0.1) is 0 Å². The summed E-state index contributed by atoms with van der Waals surface area (Å²) < 4.78 is 0.705. The van der Waals surface area contributed by atoms with E-state index in [1.165, 1.54) is 0 Å². The van der Waals surface area contributed by atoms with Crippen molar-refractivity contribution in [2.45, 2.75) is 0 Å². The number of nitrogen functional groups attached to an aromatic ring is 1. The number of rotatable bonds is 0. The van der Waals surface area contributed by atoms with Crippen LogP contribution in [-0.4, -0.2) is 21.0 Å². The van der Waals surface area contributed by atoms with Crippen LogP contribution in [0.5, 0.6) is 0 Å². The molecule has 0 bridgehead atoms. The third-order valence-electron chi connectivity index (χ3n) is 1.86. The van der Waals surface area contributed by atoms with Crippen molar-refractivity contribution in [2.24, 2.45) is 0 Å². The van der Waals surface area contributed by atoms with Gasteiger partial charge in [-0.15, -0.1) is 4.68 Å². The van der Waals surface area contributed by atoms with E-state index in [2.05, 4.69) is 5.10 Å². The summed E-state index contributed by atoms with van der Waals surface area (Å²) in [5.74, 6) is 0.0399. The van der Waals surface area contributed by atoms with Gasteiger partial charge in [0, 0.05) is 0 Å². The Kier molecular flexibility index (Phi) is 1.82. The zero-order chi connectivity index (χ0) is 10.3. The lowest BCUT2D eigenvalue weighted by Crippen LogP contribution is -2.12. The third-order valence-corrected chi connectivity index (χ3v) is 2.18. The molecule has 0 aliphatic carbocycles. The maximum absolute atomic E-state index is 10.7. The molecule has 72 valence electrons. The number of fused-ring (bicyclic) bond motifs is 1. The summed E-state index contributed by atoms with van der Waals surface area (Å²) in [6.45, 7) is 0. The van der Waals surface area contributed by atoms with Crippen LogP contribution in [0.1, 0.15) is 0 Å². The molecule has 1 aromatic carbocycles. The lowest BCUT2D eigenvalue weighted by Gasteiger charge is -1.95. The standard InChI is InChI=1S/C8H6ClN3O2/c9-4-2-1-3-5-6(4)7(10)12(11-5)8(13)14/h1-3H,10H2,(H,13,14). The molecule has 2 aromatic rings. The van der Waals surface area contributed by atoms with Gasteiger partial charge in [-0.3, -0.25) is 0 Å². The van der Waals surface area contributed by atoms with Gasteiger partial charge in [0.05, 0.1) is 15.9 Å². The van der Waals surface area contributed by atoms with Gasteiger partial charge < -0.3 is 10.8 Å². The molecule has 0 saturated heterocycles. The average molecular weight is 212 g/mol. The minimum Gasteiger partial charge on any atom is -0.463 e. The van der Waals surface area contributed by atoms with Crippen LogP contribution < -0.4 is 5.73 Å². The van der Waals surface area contributed by atoms with Crippen molar-refractivity contribution in [2.75, 3.05) is 5.73 Å². The van der Waals surface area contributed by atoms with Crippen LogP contribution in [0.2, 0.25) is 5.02 Å². The number of nitrogens with two attached hydrogens (primary N) is 1. The molecule has 14 heavy (non-hydrogen) atoms. The summed E-state index contributed by atoms with van der Waals surface area (Å²) in [6, 6.07) is 4.97. The van der Waals surface area contributed by atoms with Gasteiger partial charge in [0.1, 0.15) is 5.82 Å². The Bertz CT molecular complexity index is 521. The molecule has 5 nitrogen and oxygen atoms in total. The Balaban J connectivity index is 2.87. The molecule has 0 aliphatic rings. The molecular weight excluding hydrogens is 206 g/mol. The minimum atomic E-state index is -1.23. The van der Waals surface area contributed by atoms with Gasteiger partial charge in [0.25, 0.3) is 0 Å². The van der Waals surface area contributed by atoms with Crippen molar-refractivity contribution in [1.29, 1.82) is 0 Å². The van der Waals surface area contributed by atoms with E-state index in [1.54, 1.807) is 18.2 Å². The largest absolute Gasteiger partial charge is 0.463 e. The number of carboxylic acid groups (broad SMARTS) is 1. The van der Waals surface area contributed by atoms with Crippen molar-refractivity contribution < 1.29 is 9.90 Å². The third kappa shape index (κ3) is 1.10. The summed E-state index contributed by atoms with van der Waals surface area (Å²) in [7, 11) is 0. The maximum Gasteiger partial charge on any atom is 0.434 e. The van der Waals surface area contributed by atoms with Crippen LogP contribution in [-0.2, 0) is 0 Å². The monoisotopic (exact) mass is 211 g/mol. The van der Waals surface area contributed by atoms with Crippen molar-refractivity contribution in [1.82, 2.24) is 9.78 Å². The van der Waals surface area contributed by atoms with Crippen molar-refractivity contribution in [3.8, 4) is 0 Å². The fourth-order valence-electron chi connectivity index (χ4n) is 1.26. The van der Waals surface area contributed by atoms with Crippen LogP contribution in [0.25, 0.3) is 10.9 Å². The average Bonchev–Trinajstić information content (AvgIpc) is 2.45. The zero-order valence-corrected chi connectivity index (χ0v) is 7.69. The molecule has 6 heteroatoms. The number of aromatic nitrogens is 2. The van der Waals surface area contributed by atoms with Gasteiger partial charge in [-0.2, -0.15) is 5.10 Å². The molecule has 3 N–H and O–H groups in total. The summed E-state index contributed by atoms with van der Waals surface area (Å²) in [5, 5.41) is 13.4. The second-order valence-electron chi connectivity index (χ2n) is 2.71. The second kappa shape index (κ2) is 2.88. The van der Waals surface area contributed by atoms with E-state index < -0.39 is 6.09 Å². The molecular formula is C8H6ClN3O2. The topological polar surface area (TPSA) is 81.1 Å². The van der Waals surface area contributed by atoms with Gasteiger partial charge in [0.2, 0.25) is 0 Å². The number of nitrogens with zero attached hydrogens (tertiary/aromatic N) is 2. The molecule has 0 aliphatic heterocycles. The van der Waals surface area contributed by atoms with E-state index in [0.717, 1.165) is 0 Å². The van der Waals surface area contributed by atoms with Crippen LogP contribution in [0.4, 0.5) is 10.6 Å². The maximum atomic E-state index is 10.7. The highest BCUT2D eigenvalue weighted by molar-refractivity contribution is 6.36.